The highest BCUT2D eigenvalue weighted by Gasteiger charge is 2.42. The van der Waals surface area contributed by atoms with Gasteiger partial charge in [0.25, 0.3) is 0 Å². The Morgan fingerprint density at radius 1 is 1.21 bits per heavy atom. The van der Waals surface area contributed by atoms with Crippen LogP contribution in [0.3, 0.4) is 0 Å². The van der Waals surface area contributed by atoms with E-state index in [1.165, 1.54) is 11.3 Å². The molecule has 0 aliphatic rings. The third-order valence-corrected chi connectivity index (χ3v) is 10.6. The van der Waals surface area contributed by atoms with E-state index in [1.807, 2.05) is 39.0 Å². The van der Waals surface area contributed by atoms with Crippen molar-refractivity contribution in [2.75, 3.05) is 6.61 Å². The fourth-order valence-electron chi connectivity index (χ4n) is 2.19. The fourth-order valence-corrected chi connectivity index (χ4v) is 4.85. The van der Waals surface area contributed by atoms with Crippen molar-refractivity contribution in [2.45, 2.75) is 71.4 Å². The highest BCUT2D eigenvalue weighted by atomic mass is 79.9. The standard InChI is InChI=1S/C20H30BrNO4SSi/c1-19(2,3)25-17(23)15(26-28(7,8)20(4,5)6)12-24-13-9-10-14-16(11-13)27-18(21)22-14/h9-11,15H,12H2,1-8H3. The van der Waals surface area contributed by atoms with Gasteiger partial charge >= 0.3 is 5.97 Å². The molecule has 2 rings (SSSR count). The van der Waals surface area contributed by atoms with Crippen molar-refractivity contribution in [3.63, 3.8) is 0 Å². The summed E-state index contributed by atoms with van der Waals surface area (Å²) >= 11 is 4.94. The maximum absolute atomic E-state index is 12.8. The van der Waals surface area contributed by atoms with Crippen LogP contribution >= 0.6 is 27.3 Å². The zero-order valence-electron chi connectivity index (χ0n) is 17.9. The van der Waals surface area contributed by atoms with Gasteiger partial charge in [-0.05, 0) is 73.0 Å². The van der Waals surface area contributed by atoms with Crippen LogP contribution in [0.25, 0.3) is 10.2 Å². The average Bonchev–Trinajstić information content (AvgIpc) is 2.87. The van der Waals surface area contributed by atoms with Crippen molar-refractivity contribution < 1.29 is 18.7 Å². The van der Waals surface area contributed by atoms with E-state index in [0.717, 1.165) is 14.1 Å². The van der Waals surface area contributed by atoms with Crippen molar-refractivity contribution in [1.29, 1.82) is 0 Å². The van der Waals surface area contributed by atoms with Gasteiger partial charge in [-0.15, -0.1) is 11.3 Å². The first-order valence-electron chi connectivity index (χ1n) is 9.27. The highest BCUT2D eigenvalue weighted by Crippen LogP contribution is 2.37. The predicted molar refractivity (Wildman–Crippen MR) is 121 cm³/mol. The number of carbonyl (C=O) groups is 1. The minimum atomic E-state index is -2.18. The lowest BCUT2D eigenvalue weighted by atomic mass is 10.2. The summed E-state index contributed by atoms with van der Waals surface area (Å²) in [5.74, 6) is 0.287. The van der Waals surface area contributed by atoms with Crippen molar-refractivity contribution in [3.8, 4) is 5.75 Å². The Labute approximate surface area is 181 Å². The van der Waals surface area contributed by atoms with Crippen LogP contribution in [0.15, 0.2) is 22.1 Å². The third-order valence-electron chi connectivity index (χ3n) is 4.65. The number of hydrogen-bond acceptors (Lipinski definition) is 6. The molecule has 0 spiro atoms. The van der Waals surface area contributed by atoms with Gasteiger partial charge in [0.15, 0.2) is 18.3 Å². The van der Waals surface area contributed by atoms with Crippen LogP contribution in [-0.2, 0) is 14.0 Å². The molecule has 0 bridgehead atoms. The number of carbonyl (C=O) groups excluding carboxylic acids is 1. The van der Waals surface area contributed by atoms with Gasteiger partial charge < -0.3 is 13.9 Å². The summed E-state index contributed by atoms with van der Waals surface area (Å²) in [5.41, 5.74) is 0.324. The number of thiazole rings is 1. The zero-order chi connectivity index (χ0) is 21.3. The second-order valence-electron chi connectivity index (χ2n) is 9.31. The van der Waals surface area contributed by atoms with E-state index in [2.05, 4.69) is 54.8 Å². The van der Waals surface area contributed by atoms with Gasteiger partial charge in [-0.25, -0.2) is 9.78 Å². The van der Waals surface area contributed by atoms with E-state index in [-0.39, 0.29) is 17.6 Å². The maximum atomic E-state index is 12.8. The minimum absolute atomic E-state index is 0.0267. The van der Waals surface area contributed by atoms with Gasteiger partial charge in [0.05, 0.1) is 10.2 Å². The maximum Gasteiger partial charge on any atom is 0.338 e. The lowest BCUT2D eigenvalue weighted by Gasteiger charge is -2.38. The monoisotopic (exact) mass is 487 g/mol. The van der Waals surface area contributed by atoms with E-state index in [1.54, 1.807) is 0 Å². The summed E-state index contributed by atoms with van der Waals surface area (Å²) < 4.78 is 19.7. The largest absolute Gasteiger partial charge is 0.490 e. The Kier molecular flexibility index (Phi) is 7.01. The molecule has 1 heterocycles. The third kappa shape index (κ3) is 6.27. The molecule has 8 heteroatoms. The molecule has 0 aliphatic carbocycles. The van der Waals surface area contributed by atoms with Crippen molar-refractivity contribution in [1.82, 2.24) is 4.98 Å². The van der Waals surface area contributed by atoms with E-state index >= 15 is 0 Å². The number of hydrogen-bond donors (Lipinski definition) is 0. The van der Waals surface area contributed by atoms with Gasteiger partial charge in [-0.2, -0.15) is 0 Å². The Morgan fingerprint density at radius 2 is 1.86 bits per heavy atom. The number of nitrogens with zero attached hydrogens (tertiary/aromatic N) is 1. The number of aromatic nitrogens is 1. The number of ether oxygens (including phenoxy) is 2. The molecular formula is C20H30BrNO4SSi. The van der Waals surface area contributed by atoms with Crippen LogP contribution < -0.4 is 4.74 Å². The van der Waals surface area contributed by atoms with Crippen LogP contribution in [0, 0.1) is 0 Å². The molecule has 2 aromatic rings. The first-order valence-corrected chi connectivity index (χ1v) is 13.8. The Hall–Kier alpha value is -0.963. The smallest absolute Gasteiger partial charge is 0.338 e. The van der Waals surface area contributed by atoms with Crippen molar-refractivity contribution in [2.24, 2.45) is 0 Å². The molecule has 5 nitrogen and oxygen atoms in total. The van der Waals surface area contributed by atoms with Gasteiger partial charge in [0, 0.05) is 0 Å². The Balaban J connectivity index is 2.18. The molecule has 0 radical (unpaired) electrons. The van der Waals surface area contributed by atoms with Crippen LogP contribution in [0.1, 0.15) is 41.5 Å². The molecule has 28 heavy (non-hydrogen) atoms. The van der Waals surface area contributed by atoms with Crippen LogP contribution in [0.2, 0.25) is 18.1 Å². The van der Waals surface area contributed by atoms with Crippen LogP contribution in [0.5, 0.6) is 5.75 Å². The fraction of sp³-hybridized carbons (Fsp3) is 0.600. The zero-order valence-corrected chi connectivity index (χ0v) is 21.3. The van der Waals surface area contributed by atoms with Crippen LogP contribution in [0.4, 0.5) is 0 Å². The molecule has 0 amide bonds. The van der Waals surface area contributed by atoms with Gasteiger partial charge in [-0.1, -0.05) is 20.8 Å². The first kappa shape index (κ1) is 23.3. The molecule has 1 unspecified atom stereocenters. The van der Waals surface area contributed by atoms with E-state index in [4.69, 9.17) is 13.9 Å². The van der Waals surface area contributed by atoms with E-state index < -0.39 is 20.0 Å². The first-order chi connectivity index (χ1) is 12.7. The van der Waals surface area contributed by atoms with E-state index in [0.29, 0.717) is 5.75 Å². The molecular weight excluding hydrogens is 458 g/mol. The normalized spacial score (nSPS) is 14.2. The lowest BCUT2D eigenvalue weighted by molar-refractivity contribution is -0.165. The number of halogens is 1. The highest BCUT2D eigenvalue weighted by molar-refractivity contribution is 9.11. The molecule has 1 aromatic carbocycles. The number of rotatable bonds is 6. The summed E-state index contributed by atoms with van der Waals surface area (Å²) in [6.07, 6.45) is -0.774. The summed E-state index contributed by atoms with van der Waals surface area (Å²) in [7, 11) is -2.18. The molecule has 0 saturated carbocycles. The molecule has 156 valence electrons. The van der Waals surface area contributed by atoms with E-state index in [9.17, 15) is 4.79 Å². The Morgan fingerprint density at radius 3 is 2.43 bits per heavy atom. The second kappa shape index (κ2) is 8.42. The van der Waals surface area contributed by atoms with Crippen LogP contribution in [-0.4, -0.2) is 37.6 Å². The quantitative estimate of drug-likeness (QED) is 0.360. The van der Waals surface area contributed by atoms with Gasteiger partial charge in [0.2, 0.25) is 0 Å². The Bertz CT molecular complexity index is 839. The lowest BCUT2D eigenvalue weighted by Crippen LogP contribution is -2.49. The molecule has 0 N–H and O–H groups in total. The topological polar surface area (TPSA) is 57.7 Å². The number of fused-ring (bicyclic) bond motifs is 1. The van der Waals surface area contributed by atoms with Gasteiger partial charge in [0.1, 0.15) is 18.0 Å². The van der Waals surface area contributed by atoms with Gasteiger partial charge in [-0.3, -0.25) is 0 Å². The molecule has 0 aliphatic heterocycles. The predicted octanol–water partition coefficient (Wildman–Crippen LogP) is 6.17. The molecule has 0 saturated heterocycles. The molecule has 0 fully saturated rings. The SMILES string of the molecule is CC(C)(C)OC(=O)C(COc1ccc2nc(Br)sc2c1)O[Si](C)(C)C(C)(C)C. The summed E-state index contributed by atoms with van der Waals surface area (Å²) in [6.45, 7) is 16.3. The number of esters is 1. The number of benzene rings is 1. The molecule has 1 atom stereocenters. The second-order valence-corrected chi connectivity index (χ2v) is 16.4. The average molecular weight is 489 g/mol. The summed E-state index contributed by atoms with van der Waals surface area (Å²) in [6, 6.07) is 5.69. The van der Waals surface area contributed by atoms with Crippen molar-refractivity contribution >= 4 is 51.8 Å². The summed E-state index contributed by atoms with van der Waals surface area (Å²) in [5, 5.41) is -0.0267. The summed E-state index contributed by atoms with van der Waals surface area (Å²) in [4.78, 5) is 17.2. The minimum Gasteiger partial charge on any atom is -0.490 e. The van der Waals surface area contributed by atoms with Crippen molar-refractivity contribution in [3.05, 3.63) is 22.1 Å². The molecule has 1 aromatic heterocycles.